The first-order chi connectivity index (χ1) is 20.1. The summed E-state index contributed by atoms with van der Waals surface area (Å²) in [5, 5.41) is 4.97. The monoisotopic (exact) mass is 564 g/mol. The van der Waals surface area contributed by atoms with Crippen LogP contribution in [0.2, 0.25) is 0 Å². The van der Waals surface area contributed by atoms with E-state index in [-0.39, 0.29) is 17.2 Å². The maximum Gasteiger partial charge on any atom is 0.266 e. The SMILES string of the molecule is CCOc1ccc(-n2c(SCC(=O)NN=Cc3ccc(OCc4ccccc4)cc3)nc3ccccc3c2=O)cc1. The topological polar surface area (TPSA) is 94.8 Å². The van der Waals surface area contributed by atoms with Crippen LogP contribution in [0.25, 0.3) is 16.6 Å². The van der Waals surface area contributed by atoms with Gasteiger partial charge in [0.05, 0.1) is 35.2 Å². The summed E-state index contributed by atoms with van der Waals surface area (Å²) in [6.45, 7) is 2.94. The molecule has 0 aliphatic rings. The second kappa shape index (κ2) is 13.5. The highest BCUT2D eigenvalue weighted by atomic mass is 32.2. The van der Waals surface area contributed by atoms with Crippen molar-refractivity contribution in [3.05, 3.63) is 125 Å². The molecule has 0 aliphatic carbocycles. The molecule has 0 atom stereocenters. The lowest BCUT2D eigenvalue weighted by molar-refractivity contribution is -0.118. The molecule has 4 aromatic carbocycles. The van der Waals surface area contributed by atoms with Crippen molar-refractivity contribution in [3.63, 3.8) is 0 Å². The Hall–Kier alpha value is -4.89. The lowest BCUT2D eigenvalue weighted by atomic mass is 10.2. The van der Waals surface area contributed by atoms with Crippen molar-refractivity contribution < 1.29 is 14.3 Å². The standard InChI is InChI=1S/C32H28N4O4S/c1-2-39-26-18-14-25(15-19-26)36-31(38)28-10-6-7-11-29(28)34-32(36)41-22-30(37)35-33-20-23-12-16-27(17-13-23)40-21-24-8-4-3-5-9-24/h3-20H,2,21-22H2,1H3,(H,35,37). The molecule has 5 rings (SSSR count). The van der Waals surface area contributed by atoms with E-state index in [4.69, 9.17) is 9.47 Å². The van der Waals surface area contributed by atoms with Crippen molar-refractivity contribution in [2.45, 2.75) is 18.7 Å². The highest BCUT2D eigenvalue weighted by Crippen LogP contribution is 2.23. The fourth-order valence-corrected chi connectivity index (χ4v) is 4.83. The van der Waals surface area contributed by atoms with Gasteiger partial charge in [0.1, 0.15) is 18.1 Å². The summed E-state index contributed by atoms with van der Waals surface area (Å²) in [4.78, 5) is 30.7. The lowest BCUT2D eigenvalue weighted by Gasteiger charge is -2.13. The molecular formula is C32H28N4O4S. The Kier molecular flexibility index (Phi) is 9.08. The lowest BCUT2D eigenvalue weighted by Crippen LogP contribution is -2.24. The minimum absolute atomic E-state index is 0.0193. The van der Waals surface area contributed by atoms with Gasteiger partial charge in [-0.2, -0.15) is 5.10 Å². The third-order valence-electron chi connectivity index (χ3n) is 6.01. The first-order valence-corrected chi connectivity index (χ1v) is 14.1. The molecule has 0 bridgehead atoms. The molecule has 0 fully saturated rings. The van der Waals surface area contributed by atoms with E-state index in [9.17, 15) is 9.59 Å². The number of carbonyl (C=O) groups excluding carboxylic acids is 1. The predicted molar refractivity (Wildman–Crippen MR) is 162 cm³/mol. The normalized spacial score (nSPS) is 11.0. The smallest absolute Gasteiger partial charge is 0.266 e. The molecule has 9 heteroatoms. The van der Waals surface area contributed by atoms with Crippen LogP contribution in [0, 0.1) is 0 Å². The number of nitrogens with zero attached hydrogens (tertiary/aromatic N) is 3. The van der Waals surface area contributed by atoms with Crippen molar-refractivity contribution in [1.29, 1.82) is 0 Å². The predicted octanol–water partition coefficient (Wildman–Crippen LogP) is 5.61. The van der Waals surface area contributed by atoms with E-state index in [0.717, 1.165) is 28.6 Å². The number of nitrogens with one attached hydrogen (secondary N) is 1. The van der Waals surface area contributed by atoms with E-state index in [1.165, 1.54) is 4.57 Å². The number of fused-ring (bicyclic) bond motifs is 1. The first kappa shape index (κ1) is 27.7. The molecule has 5 aromatic rings. The highest BCUT2D eigenvalue weighted by Gasteiger charge is 2.15. The second-order valence-corrected chi connectivity index (χ2v) is 9.85. The minimum atomic E-state index is -0.324. The number of carbonyl (C=O) groups is 1. The minimum Gasteiger partial charge on any atom is -0.494 e. The first-order valence-electron chi connectivity index (χ1n) is 13.1. The molecule has 8 nitrogen and oxygen atoms in total. The van der Waals surface area contributed by atoms with Gasteiger partial charge < -0.3 is 9.47 Å². The number of thioether (sulfide) groups is 1. The van der Waals surface area contributed by atoms with Gasteiger partial charge in [0.15, 0.2) is 5.16 Å². The van der Waals surface area contributed by atoms with Gasteiger partial charge in [0, 0.05) is 0 Å². The molecule has 206 valence electrons. The van der Waals surface area contributed by atoms with E-state index in [1.54, 1.807) is 48.7 Å². The van der Waals surface area contributed by atoms with Gasteiger partial charge in [-0.15, -0.1) is 0 Å². The fourth-order valence-electron chi connectivity index (χ4n) is 4.03. The number of rotatable bonds is 11. The van der Waals surface area contributed by atoms with Crippen molar-refractivity contribution in [2.24, 2.45) is 5.10 Å². The Labute approximate surface area is 241 Å². The Balaban J connectivity index is 1.23. The molecule has 1 amide bonds. The van der Waals surface area contributed by atoms with Crippen LogP contribution >= 0.6 is 11.8 Å². The summed E-state index contributed by atoms with van der Waals surface area (Å²) in [6.07, 6.45) is 1.56. The molecule has 41 heavy (non-hydrogen) atoms. The van der Waals surface area contributed by atoms with Crippen LogP contribution in [0.4, 0.5) is 0 Å². The highest BCUT2D eigenvalue weighted by molar-refractivity contribution is 7.99. The molecule has 0 saturated carbocycles. The van der Waals surface area contributed by atoms with E-state index in [1.807, 2.05) is 67.6 Å². The second-order valence-electron chi connectivity index (χ2n) is 8.90. The Morgan fingerprint density at radius 1 is 0.902 bits per heavy atom. The number of hydrogen-bond donors (Lipinski definition) is 1. The van der Waals surface area contributed by atoms with Crippen LogP contribution in [-0.4, -0.2) is 34.0 Å². The number of hydrazone groups is 1. The van der Waals surface area contributed by atoms with Gasteiger partial charge in [-0.3, -0.25) is 14.2 Å². The average molecular weight is 565 g/mol. The number of aromatic nitrogens is 2. The van der Waals surface area contributed by atoms with Crippen molar-refractivity contribution >= 4 is 34.8 Å². The maximum atomic E-state index is 13.4. The van der Waals surface area contributed by atoms with Gasteiger partial charge in [-0.25, -0.2) is 10.4 Å². The van der Waals surface area contributed by atoms with Crippen LogP contribution < -0.4 is 20.5 Å². The van der Waals surface area contributed by atoms with Crippen LogP contribution in [0.5, 0.6) is 11.5 Å². The quantitative estimate of drug-likeness (QED) is 0.0971. The van der Waals surface area contributed by atoms with Crippen molar-refractivity contribution in [1.82, 2.24) is 15.0 Å². The Morgan fingerprint density at radius 3 is 2.34 bits per heavy atom. The van der Waals surface area contributed by atoms with Gasteiger partial charge in [0.2, 0.25) is 0 Å². The van der Waals surface area contributed by atoms with Crippen LogP contribution in [0.15, 0.2) is 118 Å². The molecule has 0 unspecified atom stereocenters. The Morgan fingerprint density at radius 2 is 1.59 bits per heavy atom. The van der Waals surface area contributed by atoms with Crippen LogP contribution in [-0.2, 0) is 11.4 Å². The summed E-state index contributed by atoms with van der Waals surface area (Å²) in [5.74, 6) is 1.15. The summed E-state index contributed by atoms with van der Waals surface area (Å²) >= 11 is 1.16. The maximum absolute atomic E-state index is 13.4. The third kappa shape index (κ3) is 7.20. The van der Waals surface area contributed by atoms with Gasteiger partial charge in [0.25, 0.3) is 11.5 Å². The molecule has 1 heterocycles. The summed E-state index contributed by atoms with van der Waals surface area (Å²) in [7, 11) is 0. The molecule has 1 aromatic heterocycles. The summed E-state index contributed by atoms with van der Waals surface area (Å²) in [5.41, 5.74) is 5.43. The largest absolute Gasteiger partial charge is 0.494 e. The molecule has 0 aliphatic heterocycles. The van der Waals surface area contributed by atoms with Crippen LogP contribution in [0.3, 0.4) is 0 Å². The number of benzene rings is 4. The summed E-state index contributed by atoms with van der Waals surface area (Å²) in [6, 6.07) is 31.7. The summed E-state index contributed by atoms with van der Waals surface area (Å²) < 4.78 is 12.8. The fraction of sp³-hybridized carbons (Fsp3) is 0.125. The number of para-hydroxylation sites is 1. The zero-order valence-corrected chi connectivity index (χ0v) is 23.2. The van der Waals surface area contributed by atoms with Crippen molar-refractivity contribution in [2.75, 3.05) is 12.4 Å². The molecule has 0 radical (unpaired) electrons. The van der Waals surface area contributed by atoms with Gasteiger partial charge in [-0.1, -0.05) is 54.2 Å². The zero-order chi connectivity index (χ0) is 28.4. The van der Waals surface area contributed by atoms with E-state index < -0.39 is 0 Å². The zero-order valence-electron chi connectivity index (χ0n) is 22.4. The van der Waals surface area contributed by atoms with Gasteiger partial charge in [-0.05, 0) is 78.7 Å². The Bertz CT molecular complexity index is 1700. The number of amides is 1. The van der Waals surface area contributed by atoms with Crippen molar-refractivity contribution in [3.8, 4) is 17.2 Å². The number of ether oxygens (including phenoxy) is 2. The van der Waals surface area contributed by atoms with E-state index >= 15 is 0 Å². The molecular weight excluding hydrogens is 536 g/mol. The van der Waals surface area contributed by atoms with E-state index in [2.05, 4.69) is 15.5 Å². The molecule has 0 spiro atoms. The van der Waals surface area contributed by atoms with Gasteiger partial charge >= 0.3 is 0 Å². The van der Waals surface area contributed by atoms with E-state index in [0.29, 0.717) is 40.7 Å². The molecule has 0 saturated heterocycles. The number of hydrogen-bond acceptors (Lipinski definition) is 7. The third-order valence-corrected chi connectivity index (χ3v) is 6.95. The molecule has 1 N–H and O–H groups in total. The van der Waals surface area contributed by atoms with Crippen LogP contribution in [0.1, 0.15) is 18.1 Å². The average Bonchev–Trinajstić information content (AvgIpc) is 3.01.